The van der Waals surface area contributed by atoms with Crippen LogP contribution in [0.15, 0.2) is 48.5 Å². The van der Waals surface area contributed by atoms with Gasteiger partial charge in [-0.2, -0.15) is 0 Å². The Morgan fingerprint density at radius 3 is 2.47 bits per heavy atom. The van der Waals surface area contributed by atoms with Gasteiger partial charge in [-0.1, -0.05) is 36.7 Å². The quantitative estimate of drug-likeness (QED) is 0.423. The maximum Gasteiger partial charge on any atom is 0.338 e. The lowest BCUT2D eigenvalue weighted by Gasteiger charge is -2.09. The SMILES string of the molecule is CCCOC(=O)c1ccc(OCC(=O)NNC(=O)c2sc3ccccc3c2Cl)cc1. The highest BCUT2D eigenvalue weighted by atomic mass is 35.5. The van der Waals surface area contributed by atoms with Crippen LogP contribution in [0.2, 0.25) is 5.02 Å². The van der Waals surface area contributed by atoms with Gasteiger partial charge in [-0.15, -0.1) is 11.3 Å². The zero-order valence-electron chi connectivity index (χ0n) is 16.1. The van der Waals surface area contributed by atoms with Crippen molar-refractivity contribution >= 4 is 50.8 Å². The summed E-state index contributed by atoms with van der Waals surface area (Å²) < 4.78 is 11.3. The number of rotatable bonds is 7. The second kappa shape index (κ2) is 10.1. The van der Waals surface area contributed by atoms with Crippen molar-refractivity contribution in [2.24, 2.45) is 0 Å². The van der Waals surface area contributed by atoms with Crippen LogP contribution in [-0.2, 0) is 9.53 Å². The van der Waals surface area contributed by atoms with Crippen molar-refractivity contribution in [1.82, 2.24) is 10.9 Å². The fourth-order valence-corrected chi connectivity index (χ4v) is 3.91. The molecule has 1 heterocycles. The van der Waals surface area contributed by atoms with Crippen LogP contribution >= 0.6 is 22.9 Å². The number of esters is 1. The Kier molecular flexibility index (Phi) is 7.26. The first-order chi connectivity index (χ1) is 14.5. The normalized spacial score (nSPS) is 10.5. The molecule has 9 heteroatoms. The zero-order valence-corrected chi connectivity index (χ0v) is 17.6. The summed E-state index contributed by atoms with van der Waals surface area (Å²) in [7, 11) is 0. The van der Waals surface area contributed by atoms with Gasteiger partial charge in [-0.25, -0.2) is 4.79 Å². The molecule has 156 valence electrons. The van der Waals surface area contributed by atoms with Crippen LogP contribution in [0.5, 0.6) is 5.75 Å². The van der Waals surface area contributed by atoms with Gasteiger partial charge in [0.25, 0.3) is 11.8 Å². The summed E-state index contributed by atoms with van der Waals surface area (Å²) >= 11 is 7.49. The lowest BCUT2D eigenvalue weighted by atomic mass is 10.2. The molecule has 0 aliphatic carbocycles. The van der Waals surface area contributed by atoms with E-state index in [4.69, 9.17) is 21.1 Å². The van der Waals surface area contributed by atoms with E-state index in [-0.39, 0.29) is 6.61 Å². The van der Waals surface area contributed by atoms with Crippen LogP contribution < -0.4 is 15.6 Å². The molecule has 2 aromatic carbocycles. The Hall–Kier alpha value is -3.10. The highest BCUT2D eigenvalue weighted by Gasteiger charge is 2.17. The topological polar surface area (TPSA) is 93.7 Å². The maximum atomic E-state index is 12.3. The molecule has 0 unspecified atom stereocenters. The molecule has 0 atom stereocenters. The van der Waals surface area contributed by atoms with E-state index >= 15 is 0 Å². The molecular weight excluding hydrogens is 428 g/mol. The van der Waals surface area contributed by atoms with Gasteiger partial charge in [0, 0.05) is 10.1 Å². The molecule has 0 fully saturated rings. The Balaban J connectivity index is 1.48. The number of carbonyl (C=O) groups excluding carboxylic acids is 3. The average Bonchev–Trinajstić information content (AvgIpc) is 3.11. The first-order valence-electron chi connectivity index (χ1n) is 9.15. The number of amides is 2. The molecule has 2 N–H and O–H groups in total. The van der Waals surface area contributed by atoms with Crippen LogP contribution in [-0.4, -0.2) is 31.0 Å². The lowest BCUT2D eigenvalue weighted by molar-refractivity contribution is -0.123. The van der Waals surface area contributed by atoms with E-state index in [1.165, 1.54) is 11.3 Å². The average molecular weight is 447 g/mol. The number of ether oxygens (including phenoxy) is 2. The number of hydrogen-bond acceptors (Lipinski definition) is 6. The Morgan fingerprint density at radius 1 is 1.03 bits per heavy atom. The maximum absolute atomic E-state index is 12.3. The predicted octanol–water partition coefficient (Wildman–Crippen LogP) is 3.96. The number of thiophene rings is 1. The summed E-state index contributed by atoms with van der Waals surface area (Å²) in [6, 6.07) is 13.6. The third kappa shape index (κ3) is 5.28. The highest BCUT2D eigenvalue weighted by Crippen LogP contribution is 2.34. The Morgan fingerprint density at radius 2 is 1.77 bits per heavy atom. The van der Waals surface area contributed by atoms with Crippen molar-refractivity contribution in [2.75, 3.05) is 13.2 Å². The van der Waals surface area contributed by atoms with Gasteiger partial charge in [-0.05, 0) is 36.8 Å². The van der Waals surface area contributed by atoms with Crippen molar-refractivity contribution < 1.29 is 23.9 Å². The van der Waals surface area contributed by atoms with E-state index in [1.807, 2.05) is 31.2 Å². The molecule has 30 heavy (non-hydrogen) atoms. The van der Waals surface area contributed by atoms with Gasteiger partial charge in [0.05, 0.1) is 17.2 Å². The smallest absolute Gasteiger partial charge is 0.338 e. The summed E-state index contributed by atoms with van der Waals surface area (Å²) in [6.07, 6.45) is 0.744. The van der Waals surface area contributed by atoms with Gasteiger partial charge in [0.1, 0.15) is 10.6 Å². The molecule has 3 rings (SSSR count). The fraction of sp³-hybridized carbons (Fsp3) is 0.190. The van der Waals surface area contributed by atoms with E-state index in [9.17, 15) is 14.4 Å². The van der Waals surface area contributed by atoms with Crippen molar-refractivity contribution in [3.05, 3.63) is 64.0 Å². The molecular formula is C21H19ClN2O5S. The van der Waals surface area contributed by atoms with E-state index in [0.717, 1.165) is 16.5 Å². The second-order valence-electron chi connectivity index (χ2n) is 6.19. The van der Waals surface area contributed by atoms with Crippen molar-refractivity contribution in [2.45, 2.75) is 13.3 Å². The number of nitrogens with one attached hydrogen (secondary N) is 2. The van der Waals surface area contributed by atoms with Crippen LogP contribution in [0.3, 0.4) is 0 Å². The standard InChI is InChI=1S/C21H19ClN2O5S/c1-2-11-28-21(27)13-7-9-14(10-8-13)29-12-17(25)23-24-20(26)19-18(22)15-5-3-4-6-16(15)30-19/h3-10H,2,11-12H2,1H3,(H,23,25)(H,24,26). The third-order valence-corrected chi connectivity index (χ3v) is 5.63. The summed E-state index contributed by atoms with van der Waals surface area (Å²) in [5.41, 5.74) is 5.01. The van der Waals surface area contributed by atoms with Gasteiger partial charge >= 0.3 is 5.97 Å². The number of hydrazine groups is 1. The number of benzene rings is 2. The first-order valence-corrected chi connectivity index (χ1v) is 10.3. The molecule has 0 spiro atoms. The minimum atomic E-state index is -0.549. The second-order valence-corrected chi connectivity index (χ2v) is 7.62. The largest absolute Gasteiger partial charge is 0.484 e. The monoisotopic (exact) mass is 446 g/mol. The number of hydrogen-bond donors (Lipinski definition) is 2. The van der Waals surface area contributed by atoms with Gasteiger partial charge in [-0.3, -0.25) is 20.4 Å². The van der Waals surface area contributed by atoms with Crippen molar-refractivity contribution in [3.63, 3.8) is 0 Å². The van der Waals surface area contributed by atoms with Crippen molar-refractivity contribution in [1.29, 1.82) is 0 Å². The summed E-state index contributed by atoms with van der Waals surface area (Å²) in [6.45, 7) is 1.95. The van der Waals surface area contributed by atoms with Crippen LogP contribution in [0.4, 0.5) is 0 Å². The van der Waals surface area contributed by atoms with Gasteiger partial charge in [0.2, 0.25) is 0 Å². The van der Waals surface area contributed by atoms with Crippen LogP contribution in [0.1, 0.15) is 33.4 Å². The molecule has 0 aliphatic rings. The number of halogens is 1. The minimum Gasteiger partial charge on any atom is -0.484 e. The van der Waals surface area contributed by atoms with E-state index in [2.05, 4.69) is 10.9 Å². The lowest BCUT2D eigenvalue weighted by Crippen LogP contribution is -2.43. The molecule has 0 bridgehead atoms. The zero-order chi connectivity index (χ0) is 21.5. The molecule has 0 aliphatic heterocycles. The van der Waals surface area contributed by atoms with Crippen LogP contribution in [0.25, 0.3) is 10.1 Å². The Labute approximate surface area is 181 Å². The molecule has 0 radical (unpaired) electrons. The van der Waals surface area contributed by atoms with E-state index < -0.39 is 17.8 Å². The molecule has 0 saturated carbocycles. The molecule has 3 aromatic rings. The van der Waals surface area contributed by atoms with Gasteiger partial charge in [0.15, 0.2) is 6.61 Å². The summed E-state index contributed by atoms with van der Waals surface area (Å²) in [4.78, 5) is 36.3. The highest BCUT2D eigenvalue weighted by molar-refractivity contribution is 7.21. The first kappa shape index (κ1) is 21.6. The molecule has 7 nitrogen and oxygen atoms in total. The number of carbonyl (C=O) groups is 3. The molecule has 2 amide bonds. The van der Waals surface area contributed by atoms with Crippen LogP contribution in [0, 0.1) is 0 Å². The summed E-state index contributed by atoms with van der Waals surface area (Å²) in [5, 5.41) is 1.13. The molecule has 1 aromatic heterocycles. The summed E-state index contributed by atoms with van der Waals surface area (Å²) in [5.74, 6) is -1.07. The molecule has 0 saturated heterocycles. The Bertz CT molecular complexity index is 1060. The van der Waals surface area contributed by atoms with E-state index in [1.54, 1.807) is 24.3 Å². The van der Waals surface area contributed by atoms with E-state index in [0.29, 0.717) is 27.8 Å². The minimum absolute atomic E-state index is 0.310. The predicted molar refractivity (Wildman–Crippen MR) is 115 cm³/mol. The fourth-order valence-electron chi connectivity index (χ4n) is 2.49. The van der Waals surface area contributed by atoms with Gasteiger partial charge < -0.3 is 9.47 Å². The third-order valence-electron chi connectivity index (χ3n) is 3.95. The number of fused-ring (bicyclic) bond motifs is 1. The van der Waals surface area contributed by atoms with Crippen molar-refractivity contribution in [3.8, 4) is 5.75 Å².